The molecule has 0 amide bonds. The summed E-state index contributed by atoms with van der Waals surface area (Å²) in [7, 11) is 1.75. The molecule has 1 heteroatoms. The lowest BCUT2D eigenvalue weighted by molar-refractivity contribution is 0.0290. The molecule has 0 aromatic rings. The summed E-state index contributed by atoms with van der Waals surface area (Å²) in [5.74, 6) is 0. The third kappa shape index (κ3) is 2.14. The molecule has 0 rings (SSSR count). The Labute approximate surface area is 64.1 Å². The Balaban J connectivity index is 4.10. The van der Waals surface area contributed by atoms with Gasteiger partial charge in [-0.1, -0.05) is 26.8 Å². The van der Waals surface area contributed by atoms with Crippen LogP contribution in [0.25, 0.3) is 0 Å². The SMILES string of the molecule is C=CC(C)(C)[C@H](CC)OC. The highest BCUT2D eigenvalue weighted by atomic mass is 16.5. The normalized spacial score (nSPS) is 14.8. The minimum Gasteiger partial charge on any atom is -0.381 e. The molecule has 0 saturated carbocycles. The van der Waals surface area contributed by atoms with Gasteiger partial charge in [-0.3, -0.25) is 0 Å². The number of hydrogen-bond donors (Lipinski definition) is 0. The summed E-state index contributed by atoms with van der Waals surface area (Å²) in [6, 6.07) is 0. The van der Waals surface area contributed by atoms with Crippen LogP contribution >= 0.6 is 0 Å². The van der Waals surface area contributed by atoms with E-state index >= 15 is 0 Å². The minimum absolute atomic E-state index is 0.101. The molecule has 0 spiro atoms. The first-order valence-electron chi connectivity index (χ1n) is 3.74. The summed E-state index contributed by atoms with van der Waals surface area (Å²) in [5, 5.41) is 0. The molecule has 1 atom stereocenters. The second kappa shape index (κ2) is 3.77. The predicted octanol–water partition coefficient (Wildman–Crippen LogP) is 2.62. The summed E-state index contributed by atoms with van der Waals surface area (Å²) in [6.07, 6.45) is 3.28. The topological polar surface area (TPSA) is 9.23 Å². The van der Waals surface area contributed by atoms with E-state index in [-0.39, 0.29) is 5.41 Å². The van der Waals surface area contributed by atoms with Crippen molar-refractivity contribution in [2.45, 2.75) is 33.3 Å². The molecular weight excluding hydrogens is 124 g/mol. The number of rotatable bonds is 4. The van der Waals surface area contributed by atoms with Crippen LogP contribution in [0.4, 0.5) is 0 Å². The molecule has 60 valence electrons. The van der Waals surface area contributed by atoms with Crippen LogP contribution in [-0.4, -0.2) is 13.2 Å². The maximum Gasteiger partial charge on any atom is 0.0653 e. The van der Waals surface area contributed by atoms with Crippen molar-refractivity contribution in [2.24, 2.45) is 5.41 Å². The summed E-state index contributed by atoms with van der Waals surface area (Å²) >= 11 is 0. The minimum atomic E-state index is 0.101. The van der Waals surface area contributed by atoms with E-state index in [0.29, 0.717) is 6.10 Å². The third-order valence-electron chi connectivity index (χ3n) is 2.01. The fourth-order valence-corrected chi connectivity index (χ4v) is 1.13. The molecule has 0 bridgehead atoms. The van der Waals surface area contributed by atoms with Gasteiger partial charge in [-0.2, -0.15) is 0 Å². The molecule has 0 aliphatic rings. The first-order valence-corrected chi connectivity index (χ1v) is 3.74. The summed E-state index contributed by atoms with van der Waals surface area (Å²) in [4.78, 5) is 0. The van der Waals surface area contributed by atoms with Gasteiger partial charge in [-0.05, 0) is 6.42 Å². The molecule has 0 heterocycles. The number of ether oxygens (including phenoxy) is 1. The zero-order valence-corrected chi connectivity index (χ0v) is 7.48. The molecule has 0 aliphatic heterocycles. The van der Waals surface area contributed by atoms with Gasteiger partial charge in [0, 0.05) is 12.5 Å². The van der Waals surface area contributed by atoms with Gasteiger partial charge in [0.2, 0.25) is 0 Å². The van der Waals surface area contributed by atoms with E-state index in [9.17, 15) is 0 Å². The van der Waals surface area contributed by atoms with Crippen molar-refractivity contribution in [1.82, 2.24) is 0 Å². The molecule has 0 radical (unpaired) electrons. The zero-order chi connectivity index (χ0) is 8.20. The van der Waals surface area contributed by atoms with Crippen molar-refractivity contribution in [2.75, 3.05) is 7.11 Å². The smallest absolute Gasteiger partial charge is 0.0653 e. The van der Waals surface area contributed by atoms with Gasteiger partial charge in [0.1, 0.15) is 0 Å². The van der Waals surface area contributed by atoms with E-state index in [1.54, 1.807) is 7.11 Å². The summed E-state index contributed by atoms with van der Waals surface area (Å²) in [5.41, 5.74) is 0.101. The average Bonchev–Trinajstić information content (AvgIpc) is 1.90. The van der Waals surface area contributed by atoms with Gasteiger partial charge in [-0.15, -0.1) is 6.58 Å². The highest BCUT2D eigenvalue weighted by Crippen LogP contribution is 2.25. The van der Waals surface area contributed by atoms with Crippen molar-refractivity contribution in [1.29, 1.82) is 0 Å². The number of hydrogen-bond acceptors (Lipinski definition) is 1. The lowest BCUT2D eigenvalue weighted by Gasteiger charge is -2.29. The van der Waals surface area contributed by atoms with Crippen LogP contribution in [0.15, 0.2) is 12.7 Å². The summed E-state index contributed by atoms with van der Waals surface area (Å²) in [6.45, 7) is 10.2. The molecule has 0 aliphatic carbocycles. The molecule has 1 nitrogen and oxygen atoms in total. The average molecular weight is 142 g/mol. The Morgan fingerprint density at radius 1 is 1.60 bits per heavy atom. The van der Waals surface area contributed by atoms with Gasteiger partial charge >= 0.3 is 0 Å². The van der Waals surface area contributed by atoms with E-state index < -0.39 is 0 Å². The molecule has 0 aromatic carbocycles. The highest BCUT2D eigenvalue weighted by molar-refractivity contribution is 4.93. The second-order valence-electron chi connectivity index (χ2n) is 3.16. The molecule has 10 heavy (non-hydrogen) atoms. The largest absolute Gasteiger partial charge is 0.381 e. The van der Waals surface area contributed by atoms with Gasteiger partial charge in [0.05, 0.1) is 6.10 Å². The van der Waals surface area contributed by atoms with Crippen LogP contribution in [-0.2, 0) is 4.74 Å². The van der Waals surface area contributed by atoms with Gasteiger partial charge in [-0.25, -0.2) is 0 Å². The van der Waals surface area contributed by atoms with Crippen molar-refractivity contribution < 1.29 is 4.74 Å². The Morgan fingerprint density at radius 2 is 2.10 bits per heavy atom. The Morgan fingerprint density at radius 3 is 2.20 bits per heavy atom. The first kappa shape index (κ1) is 9.70. The van der Waals surface area contributed by atoms with Gasteiger partial charge in [0.25, 0.3) is 0 Å². The Bertz CT molecular complexity index is 101. The van der Waals surface area contributed by atoms with Crippen molar-refractivity contribution in [3.63, 3.8) is 0 Å². The fraction of sp³-hybridized carbons (Fsp3) is 0.778. The molecule has 0 saturated heterocycles. The maximum atomic E-state index is 5.28. The number of methoxy groups -OCH3 is 1. The zero-order valence-electron chi connectivity index (χ0n) is 7.48. The molecule has 0 unspecified atom stereocenters. The maximum absolute atomic E-state index is 5.28. The van der Waals surface area contributed by atoms with Crippen LogP contribution < -0.4 is 0 Å². The van der Waals surface area contributed by atoms with Crippen LogP contribution in [0.2, 0.25) is 0 Å². The predicted molar refractivity (Wildman–Crippen MR) is 45.1 cm³/mol. The molecule has 0 fully saturated rings. The van der Waals surface area contributed by atoms with Crippen molar-refractivity contribution in [3.05, 3.63) is 12.7 Å². The van der Waals surface area contributed by atoms with Crippen LogP contribution in [0.3, 0.4) is 0 Å². The lowest BCUT2D eigenvalue weighted by atomic mass is 9.85. The first-order chi connectivity index (χ1) is 4.58. The lowest BCUT2D eigenvalue weighted by Crippen LogP contribution is -2.28. The molecular formula is C9H18O. The molecule has 0 N–H and O–H groups in total. The molecule has 0 aromatic heterocycles. The van der Waals surface area contributed by atoms with Crippen LogP contribution in [0.5, 0.6) is 0 Å². The van der Waals surface area contributed by atoms with Crippen molar-refractivity contribution >= 4 is 0 Å². The highest BCUT2D eigenvalue weighted by Gasteiger charge is 2.23. The van der Waals surface area contributed by atoms with Gasteiger partial charge < -0.3 is 4.74 Å². The van der Waals surface area contributed by atoms with E-state index in [4.69, 9.17) is 4.74 Å². The van der Waals surface area contributed by atoms with E-state index in [0.717, 1.165) is 6.42 Å². The second-order valence-corrected chi connectivity index (χ2v) is 3.16. The van der Waals surface area contributed by atoms with Gasteiger partial charge in [0.15, 0.2) is 0 Å². The van der Waals surface area contributed by atoms with E-state index in [1.165, 1.54) is 0 Å². The Hall–Kier alpha value is -0.300. The standard InChI is InChI=1S/C9H18O/c1-6-8(10-5)9(3,4)7-2/h7-8H,2,6H2,1,3-5H3/t8-/m0/s1. The van der Waals surface area contributed by atoms with E-state index in [1.807, 2.05) is 6.08 Å². The van der Waals surface area contributed by atoms with E-state index in [2.05, 4.69) is 27.4 Å². The van der Waals surface area contributed by atoms with Crippen molar-refractivity contribution in [3.8, 4) is 0 Å². The fourth-order valence-electron chi connectivity index (χ4n) is 1.13. The Kier molecular flexibility index (Phi) is 3.66. The van der Waals surface area contributed by atoms with Crippen LogP contribution in [0.1, 0.15) is 27.2 Å². The quantitative estimate of drug-likeness (QED) is 0.548. The monoisotopic (exact) mass is 142 g/mol. The van der Waals surface area contributed by atoms with Crippen LogP contribution in [0, 0.1) is 5.41 Å². The third-order valence-corrected chi connectivity index (χ3v) is 2.01. The summed E-state index contributed by atoms with van der Waals surface area (Å²) < 4.78 is 5.28.